The van der Waals surface area contributed by atoms with E-state index in [1.165, 1.54) is 0 Å². The molecule has 1 aliphatic rings. The van der Waals surface area contributed by atoms with E-state index in [9.17, 15) is 4.79 Å². The molecule has 5 heteroatoms. The number of benzene rings is 1. The van der Waals surface area contributed by atoms with Crippen LogP contribution < -0.4 is 0 Å². The molecular formula is C19H24N2O3. The van der Waals surface area contributed by atoms with E-state index in [1.807, 2.05) is 51.1 Å². The fourth-order valence-electron chi connectivity index (χ4n) is 2.98. The number of ether oxygens (including phenoxy) is 2. The minimum absolute atomic E-state index is 0.0258. The summed E-state index contributed by atoms with van der Waals surface area (Å²) in [5.41, 5.74) is 1.59. The van der Waals surface area contributed by atoms with Crippen LogP contribution in [0.25, 0.3) is 0 Å². The molecule has 0 radical (unpaired) electrons. The molecule has 1 atom stereocenters. The quantitative estimate of drug-likeness (QED) is 0.760. The Bertz CT molecular complexity index is 675. The van der Waals surface area contributed by atoms with Crippen LogP contribution >= 0.6 is 0 Å². The van der Waals surface area contributed by atoms with Gasteiger partial charge in [-0.3, -0.25) is 4.68 Å². The van der Waals surface area contributed by atoms with E-state index in [0.29, 0.717) is 5.69 Å². The number of carbonyl (C=O) groups excluding carboxylic acids is 1. The van der Waals surface area contributed by atoms with Gasteiger partial charge in [-0.1, -0.05) is 30.3 Å². The molecule has 3 rings (SSSR count). The maximum Gasteiger partial charge on any atom is 0.356 e. The van der Waals surface area contributed by atoms with Gasteiger partial charge in [0.05, 0.1) is 18.2 Å². The third kappa shape index (κ3) is 3.67. The normalized spacial score (nSPS) is 21.3. The van der Waals surface area contributed by atoms with E-state index in [-0.39, 0.29) is 30.3 Å². The van der Waals surface area contributed by atoms with Crippen molar-refractivity contribution in [3.63, 3.8) is 0 Å². The van der Waals surface area contributed by atoms with Crippen LogP contribution in [0.2, 0.25) is 0 Å². The molecule has 1 aromatic heterocycles. The standard InChI is InChI=1S/C19H24N2O3/c1-13(2)23-16-11-17(12-16)24-19(22)18-9-10-20-21(18)14(3)15-7-5-4-6-8-15/h4-10,13-14,16-17H,11-12H2,1-3H3/t14-,16?,17?/m1/s1. The molecule has 0 amide bonds. The van der Waals surface area contributed by atoms with Crippen LogP contribution in [0, 0.1) is 0 Å². The van der Waals surface area contributed by atoms with Gasteiger partial charge in [0.1, 0.15) is 11.8 Å². The van der Waals surface area contributed by atoms with Crippen LogP contribution in [0.15, 0.2) is 42.6 Å². The van der Waals surface area contributed by atoms with Crippen molar-refractivity contribution in [2.45, 2.75) is 58.0 Å². The smallest absolute Gasteiger partial charge is 0.356 e. The molecule has 5 nitrogen and oxygen atoms in total. The van der Waals surface area contributed by atoms with Crippen molar-refractivity contribution < 1.29 is 14.3 Å². The summed E-state index contributed by atoms with van der Waals surface area (Å²) in [5.74, 6) is -0.316. The van der Waals surface area contributed by atoms with Crippen molar-refractivity contribution in [1.82, 2.24) is 9.78 Å². The van der Waals surface area contributed by atoms with E-state index in [1.54, 1.807) is 16.9 Å². The highest BCUT2D eigenvalue weighted by Crippen LogP contribution is 2.28. The predicted molar refractivity (Wildman–Crippen MR) is 90.9 cm³/mol. The van der Waals surface area contributed by atoms with E-state index in [4.69, 9.17) is 9.47 Å². The summed E-state index contributed by atoms with van der Waals surface area (Å²) in [6, 6.07) is 11.7. The van der Waals surface area contributed by atoms with Gasteiger partial charge < -0.3 is 9.47 Å². The molecule has 1 aromatic carbocycles. The number of nitrogens with zero attached hydrogens (tertiary/aromatic N) is 2. The first kappa shape index (κ1) is 16.7. The van der Waals surface area contributed by atoms with Crippen LogP contribution in [0.3, 0.4) is 0 Å². The molecule has 128 valence electrons. The first-order valence-corrected chi connectivity index (χ1v) is 8.49. The van der Waals surface area contributed by atoms with Crippen molar-refractivity contribution >= 4 is 5.97 Å². The molecule has 0 N–H and O–H groups in total. The summed E-state index contributed by atoms with van der Waals surface area (Å²) in [6.45, 7) is 6.06. The molecule has 1 saturated carbocycles. The number of carbonyl (C=O) groups is 1. The highest BCUT2D eigenvalue weighted by molar-refractivity contribution is 5.87. The number of hydrogen-bond acceptors (Lipinski definition) is 4. The second-order valence-corrected chi connectivity index (χ2v) is 6.55. The van der Waals surface area contributed by atoms with Crippen molar-refractivity contribution in [2.24, 2.45) is 0 Å². The molecule has 0 bridgehead atoms. The number of hydrogen-bond donors (Lipinski definition) is 0. The van der Waals surface area contributed by atoms with E-state index in [2.05, 4.69) is 5.10 Å². The molecule has 1 fully saturated rings. The maximum absolute atomic E-state index is 12.5. The van der Waals surface area contributed by atoms with Gasteiger partial charge in [0.25, 0.3) is 0 Å². The molecular weight excluding hydrogens is 304 g/mol. The Hall–Kier alpha value is -2.14. The largest absolute Gasteiger partial charge is 0.457 e. The summed E-state index contributed by atoms with van der Waals surface area (Å²) >= 11 is 0. The first-order valence-electron chi connectivity index (χ1n) is 8.49. The Morgan fingerprint density at radius 3 is 2.50 bits per heavy atom. The summed E-state index contributed by atoms with van der Waals surface area (Å²) < 4.78 is 13.0. The van der Waals surface area contributed by atoms with Gasteiger partial charge in [0.15, 0.2) is 0 Å². The van der Waals surface area contributed by atoms with Crippen LogP contribution in [0.5, 0.6) is 0 Å². The Balaban J connectivity index is 1.62. The molecule has 0 aliphatic heterocycles. The van der Waals surface area contributed by atoms with Gasteiger partial charge >= 0.3 is 5.97 Å². The van der Waals surface area contributed by atoms with Crippen LogP contribution in [-0.2, 0) is 9.47 Å². The van der Waals surface area contributed by atoms with Crippen molar-refractivity contribution in [3.8, 4) is 0 Å². The summed E-state index contributed by atoms with van der Waals surface area (Å²) in [7, 11) is 0. The third-order valence-electron chi connectivity index (χ3n) is 4.32. The zero-order valence-corrected chi connectivity index (χ0v) is 14.4. The van der Waals surface area contributed by atoms with E-state index >= 15 is 0 Å². The van der Waals surface area contributed by atoms with Gasteiger partial charge in [-0.05, 0) is 32.4 Å². The van der Waals surface area contributed by atoms with Crippen molar-refractivity contribution in [1.29, 1.82) is 0 Å². The molecule has 0 spiro atoms. The topological polar surface area (TPSA) is 53.4 Å². The summed E-state index contributed by atoms with van der Waals surface area (Å²) in [5, 5.41) is 4.31. The maximum atomic E-state index is 12.5. The second-order valence-electron chi connectivity index (χ2n) is 6.55. The lowest BCUT2D eigenvalue weighted by molar-refractivity contribution is -0.0995. The van der Waals surface area contributed by atoms with Crippen molar-refractivity contribution in [3.05, 3.63) is 53.9 Å². The Morgan fingerprint density at radius 1 is 1.12 bits per heavy atom. The van der Waals surface area contributed by atoms with Gasteiger partial charge in [-0.25, -0.2) is 4.79 Å². The van der Waals surface area contributed by atoms with Crippen LogP contribution in [0.4, 0.5) is 0 Å². The Morgan fingerprint density at radius 2 is 1.83 bits per heavy atom. The van der Waals surface area contributed by atoms with E-state index in [0.717, 1.165) is 18.4 Å². The molecule has 1 aliphatic carbocycles. The lowest BCUT2D eigenvalue weighted by atomic mass is 9.92. The number of aromatic nitrogens is 2. The lowest BCUT2D eigenvalue weighted by Gasteiger charge is -2.35. The van der Waals surface area contributed by atoms with Gasteiger partial charge in [-0.2, -0.15) is 5.10 Å². The highest BCUT2D eigenvalue weighted by atomic mass is 16.6. The molecule has 0 saturated heterocycles. The molecule has 2 aromatic rings. The SMILES string of the molecule is CC(C)OC1CC(OC(=O)c2ccnn2[C@H](C)c2ccccc2)C1. The fourth-order valence-corrected chi connectivity index (χ4v) is 2.98. The van der Waals surface area contributed by atoms with Crippen LogP contribution in [0.1, 0.15) is 55.7 Å². The monoisotopic (exact) mass is 328 g/mol. The van der Waals surface area contributed by atoms with E-state index < -0.39 is 0 Å². The first-order chi connectivity index (χ1) is 11.5. The Labute approximate surface area is 142 Å². The third-order valence-corrected chi connectivity index (χ3v) is 4.32. The minimum Gasteiger partial charge on any atom is -0.457 e. The molecule has 1 heterocycles. The zero-order valence-electron chi connectivity index (χ0n) is 14.4. The Kier molecular flexibility index (Phi) is 5.00. The number of esters is 1. The number of rotatable bonds is 6. The minimum atomic E-state index is -0.316. The molecule has 24 heavy (non-hydrogen) atoms. The van der Waals surface area contributed by atoms with Crippen molar-refractivity contribution in [2.75, 3.05) is 0 Å². The highest BCUT2D eigenvalue weighted by Gasteiger charge is 2.34. The lowest BCUT2D eigenvalue weighted by Crippen LogP contribution is -2.40. The fraction of sp³-hybridized carbons (Fsp3) is 0.474. The van der Waals surface area contributed by atoms with Gasteiger partial charge in [0.2, 0.25) is 0 Å². The van der Waals surface area contributed by atoms with Crippen LogP contribution in [-0.4, -0.2) is 34.1 Å². The summed E-state index contributed by atoms with van der Waals surface area (Å²) in [6.07, 6.45) is 3.53. The summed E-state index contributed by atoms with van der Waals surface area (Å²) in [4.78, 5) is 12.5. The zero-order chi connectivity index (χ0) is 17.1. The molecule has 0 unspecified atom stereocenters. The average molecular weight is 328 g/mol. The average Bonchev–Trinajstić information content (AvgIpc) is 3.02. The van der Waals surface area contributed by atoms with Gasteiger partial charge in [-0.15, -0.1) is 0 Å². The van der Waals surface area contributed by atoms with Gasteiger partial charge in [0, 0.05) is 19.0 Å². The second kappa shape index (κ2) is 7.18. The predicted octanol–water partition coefficient (Wildman–Crippen LogP) is 3.61.